The fraction of sp³-hybridized carbons (Fsp3) is 0.333. The molecule has 230 valence electrons. The zero-order valence-corrected chi connectivity index (χ0v) is 26.4. The minimum Gasteiger partial charge on any atom is -0.389 e. The second-order valence-corrected chi connectivity index (χ2v) is 11.8. The third kappa shape index (κ3) is 7.90. The molecule has 10 nitrogen and oxygen atoms in total. The highest BCUT2D eigenvalue weighted by Gasteiger charge is 2.25. The van der Waals surface area contributed by atoms with Crippen molar-refractivity contribution in [1.82, 2.24) is 20.1 Å². The van der Waals surface area contributed by atoms with Crippen LogP contribution in [0.2, 0.25) is 0 Å². The van der Waals surface area contributed by atoms with Crippen LogP contribution in [0.25, 0.3) is 10.9 Å². The SMILES string of the molecule is Cc1c(CNC(=O)CN2CCOCC2)cc(Br)c2nc(N[C@@H](Cc3ccccc3)C(=O)N(C)Cc3ccccc3)oc(=O)c12. The van der Waals surface area contributed by atoms with E-state index in [4.69, 9.17) is 9.15 Å². The summed E-state index contributed by atoms with van der Waals surface area (Å²) in [6.45, 7) is 5.47. The van der Waals surface area contributed by atoms with Crippen molar-refractivity contribution in [2.24, 2.45) is 0 Å². The minimum atomic E-state index is -0.736. The molecule has 1 aliphatic heterocycles. The van der Waals surface area contributed by atoms with Crippen molar-refractivity contribution in [1.29, 1.82) is 0 Å². The number of aromatic nitrogens is 1. The molecule has 11 heteroatoms. The zero-order valence-electron chi connectivity index (χ0n) is 24.8. The molecule has 0 bridgehead atoms. The van der Waals surface area contributed by atoms with Crippen LogP contribution < -0.4 is 16.3 Å². The fourth-order valence-corrected chi connectivity index (χ4v) is 5.83. The molecule has 2 heterocycles. The van der Waals surface area contributed by atoms with E-state index >= 15 is 0 Å². The van der Waals surface area contributed by atoms with Crippen LogP contribution in [0.15, 0.2) is 80.4 Å². The monoisotopic (exact) mass is 661 g/mol. The number of likely N-dealkylation sites (N-methyl/N-ethyl adjacent to an activating group) is 1. The number of ether oxygens (including phenoxy) is 1. The summed E-state index contributed by atoms with van der Waals surface area (Å²) < 4.78 is 11.6. The van der Waals surface area contributed by atoms with Crippen LogP contribution in [0.5, 0.6) is 0 Å². The Hall–Kier alpha value is -4.06. The number of anilines is 1. The van der Waals surface area contributed by atoms with Crippen LogP contribution in [0.1, 0.15) is 22.3 Å². The molecule has 5 rings (SSSR count). The topological polar surface area (TPSA) is 117 Å². The van der Waals surface area contributed by atoms with Gasteiger partial charge in [-0.15, -0.1) is 0 Å². The highest BCUT2D eigenvalue weighted by Crippen LogP contribution is 2.28. The number of hydrogen-bond donors (Lipinski definition) is 2. The number of morpholine rings is 1. The first-order chi connectivity index (χ1) is 21.3. The number of rotatable bonds is 11. The number of halogens is 1. The first-order valence-electron chi connectivity index (χ1n) is 14.6. The molecular formula is C33H36BrN5O5. The van der Waals surface area contributed by atoms with Gasteiger partial charge in [0.2, 0.25) is 11.8 Å². The Morgan fingerprint density at radius 2 is 1.70 bits per heavy atom. The van der Waals surface area contributed by atoms with Gasteiger partial charge in [-0.3, -0.25) is 14.5 Å². The van der Waals surface area contributed by atoms with Gasteiger partial charge in [-0.1, -0.05) is 60.7 Å². The molecule has 44 heavy (non-hydrogen) atoms. The number of carbonyl (C=O) groups excluding carboxylic acids is 2. The molecule has 1 fully saturated rings. The zero-order chi connectivity index (χ0) is 31.1. The molecule has 1 atom stereocenters. The number of nitrogens with one attached hydrogen (secondary N) is 2. The summed E-state index contributed by atoms with van der Waals surface area (Å²) >= 11 is 3.57. The van der Waals surface area contributed by atoms with Gasteiger partial charge in [-0.05, 0) is 51.2 Å². The van der Waals surface area contributed by atoms with Crippen molar-refractivity contribution in [3.8, 4) is 0 Å². The summed E-state index contributed by atoms with van der Waals surface area (Å²) in [5.74, 6) is -0.265. The molecule has 1 aliphatic rings. The van der Waals surface area contributed by atoms with Gasteiger partial charge in [-0.2, -0.15) is 4.98 Å². The molecule has 3 aromatic carbocycles. The van der Waals surface area contributed by atoms with E-state index in [9.17, 15) is 14.4 Å². The van der Waals surface area contributed by atoms with Gasteiger partial charge in [0.15, 0.2) is 0 Å². The maximum absolute atomic E-state index is 13.7. The molecule has 0 saturated carbocycles. The number of nitrogens with zero attached hydrogens (tertiary/aromatic N) is 3. The maximum atomic E-state index is 13.7. The Kier molecular flexibility index (Phi) is 10.4. The smallest absolute Gasteiger partial charge is 0.348 e. The molecule has 0 spiro atoms. The van der Waals surface area contributed by atoms with Crippen LogP contribution in [-0.4, -0.2) is 72.5 Å². The Bertz CT molecular complexity index is 1660. The van der Waals surface area contributed by atoms with E-state index in [1.54, 1.807) is 11.9 Å². The number of hydrogen-bond acceptors (Lipinski definition) is 8. The van der Waals surface area contributed by atoms with Crippen molar-refractivity contribution in [2.45, 2.75) is 32.5 Å². The van der Waals surface area contributed by atoms with Gasteiger partial charge in [0.1, 0.15) is 6.04 Å². The predicted octanol–water partition coefficient (Wildman–Crippen LogP) is 3.89. The first-order valence-corrected chi connectivity index (χ1v) is 15.4. The van der Waals surface area contributed by atoms with Gasteiger partial charge < -0.3 is 24.7 Å². The van der Waals surface area contributed by atoms with Crippen LogP contribution in [-0.2, 0) is 33.8 Å². The Morgan fingerprint density at radius 1 is 1.05 bits per heavy atom. The van der Waals surface area contributed by atoms with E-state index < -0.39 is 11.7 Å². The minimum absolute atomic E-state index is 0.0449. The molecule has 2 N–H and O–H groups in total. The lowest BCUT2D eigenvalue weighted by molar-refractivity contribution is -0.131. The molecule has 0 aliphatic carbocycles. The highest BCUT2D eigenvalue weighted by molar-refractivity contribution is 9.10. The van der Waals surface area contributed by atoms with Crippen molar-refractivity contribution < 1.29 is 18.7 Å². The second-order valence-electron chi connectivity index (χ2n) is 10.9. The molecule has 2 amide bonds. The summed E-state index contributed by atoms with van der Waals surface area (Å²) in [7, 11) is 1.75. The summed E-state index contributed by atoms with van der Waals surface area (Å²) in [6.07, 6.45) is 0.367. The van der Waals surface area contributed by atoms with Gasteiger partial charge in [0.05, 0.1) is 30.7 Å². The number of aryl methyl sites for hydroxylation is 1. The molecule has 4 aromatic rings. The third-order valence-corrected chi connectivity index (χ3v) is 8.30. The summed E-state index contributed by atoms with van der Waals surface area (Å²) in [6, 6.07) is 20.5. The second kappa shape index (κ2) is 14.6. The normalized spacial score (nSPS) is 14.2. The Morgan fingerprint density at radius 3 is 2.39 bits per heavy atom. The average molecular weight is 663 g/mol. The van der Waals surface area contributed by atoms with Crippen LogP contribution in [0.3, 0.4) is 0 Å². The number of amides is 2. The Labute approximate surface area is 264 Å². The summed E-state index contributed by atoms with van der Waals surface area (Å²) in [4.78, 5) is 47.9. The van der Waals surface area contributed by atoms with Crippen LogP contribution in [0.4, 0.5) is 6.01 Å². The third-order valence-electron chi connectivity index (χ3n) is 7.69. The fourth-order valence-electron chi connectivity index (χ4n) is 5.27. The standard InChI is InChI=1S/C33H36BrN5O5/c1-22-25(19-35-28(40)21-39-13-15-43-16-14-39)18-26(34)30-29(22)32(42)44-33(37-30)36-27(17-23-9-5-3-6-10-23)31(41)38(2)20-24-11-7-4-8-12-24/h3-12,18,27H,13-17,19-21H2,1-2H3,(H,35,40)(H,36,37)/t27-/m0/s1. The van der Waals surface area contributed by atoms with Crippen molar-refractivity contribution in [3.05, 3.63) is 104 Å². The van der Waals surface area contributed by atoms with Crippen LogP contribution in [0, 0.1) is 6.92 Å². The lowest BCUT2D eigenvalue weighted by Crippen LogP contribution is -2.43. The largest absolute Gasteiger partial charge is 0.389 e. The van der Waals surface area contributed by atoms with Crippen molar-refractivity contribution in [2.75, 3.05) is 45.2 Å². The molecule has 1 saturated heterocycles. The van der Waals surface area contributed by atoms with Crippen molar-refractivity contribution in [3.63, 3.8) is 0 Å². The van der Waals surface area contributed by atoms with Gasteiger partial charge in [0.25, 0.3) is 6.01 Å². The van der Waals surface area contributed by atoms with Crippen molar-refractivity contribution >= 4 is 44.7 Å². The van der Waals surface area contributed by atoms with Crippen LogP contribution >= 0.6 is 15.9 Å². The van der Waals surface area contributed by atoms with E-state index in [-0.39, 0.29) is 24.4 Å². The van der Waals surface area contributed by atoms with Gasteiger partial charge in [0, 0.05) is 44.1 Å². The number of carbonyl (C=O) groups is 2. The van der Waals surface area contributed by atoms with Gasteiger partial charge >= 0.3 is 5.63 Å². The molecule has 0 unspecified atom stereocenters. The van der Waals surface area contributed by atoms with E-state index in [1.807, 2.05) is 78.6 Å². The first kappa shape index (κ1) is 31.4. The van der Waals surface area contributed by atoms with E-state index in [0.717, 1.165) is 29.8 Å². The Balaban J connectivity index is 1.36. The quantitative estimate of drug-likeness (QED) is 0.249. The molecule has 0 radical (unpaired) electrons. The predicted molar refractivity (Wildman–Crippen MR) is 172 cm³/mol. The highest BCUT2D eigenvalue weighted by atomic mass is 79.9. The number of fused-ring (bicyclic) bond motifs is 1. The van der Waals surface area contributed by atoms with Gasteiger partial charge in [-0.25, -0.2) is 4.79 Å². The average Bonchev–Trinajstić information content (AvgIpc) is 3.02. The maximum Gasteiger partial charge on any atom is 0.348 e. The molecular weight excluding hydrogens is 626 g/mol. The van der Waals surface area contributed by atoms with E-state index in [1.165, 1.54) is 0 Å². The lowest BCUT2D eigenvalue weighted by atomic mass is 10.0. The lowest BCUT2D eigenvalue weighted by Gasteiger charge is -2.25. The molecule has 1 aromatic heterocycles. The van der Waals surface area contributed by atoms with E-state index in [0.29, 0.717) is 53.7 Å². The van der Waals surface area contributed by atoms with E-state index in [2.05, 4.69) is 31.5 Å². The summed E-state index contributed by atoms with van der Waals surface area (Å²) in [5, 5.41) is 6.37. The number of benzene rings is 3. The summed E-state index contributed by atoms with van der Waals surface area (Å²) in [5.41, 5.74) is 3.22.